The van der Waals surface area contributed by atoms with Crippen molar-refractivity contribution in [2.24, 2.45) is 5.41 Å². The van der Waals surface area contributed by atoms with Gasteiger partial charge in [-0.25, -0.2) is 0 Å². The Morgan fingerprint density at radius 1 is 1.00 bits per heavy atom. The first-order chi connectivity index (χ1) is 7.23. The van der Waals surface area contributed by atoms with Crippen molar-refractivity contribution in [2.75, 3.05) is 21.1 Å². The van der Waals surface area contributed by atoms with E-state index in [-0.39, 0.29) is 5.54 Å². The van der Waals surface area contributed by atoms with E-state index in [1.165, 1.54) is 5.84 Å². The maximum Gasteiger partial charge on any atom is 0.673 e. The lowest BCUT2D eigenvalue weighted by Crippen LogP contribution is -2.73. The Bertz CT molecular complexity index is 311. The molecule has 1 aliphatic heterocycles. The van der Waals surface area contributed by atoms with Gasteiger partial charge in [-0.1, -0.05) is 0 Å². The number of nitrogens with zero attached hydrogens (tertiary/aromatic N) is 2. The number of likely N-dealkylation sites (tertiary alicyclic amines) is 1. The van der Waals surface area contributed by atoms with Gasteiger partial charge in [-0.3, -0.25) is 9.48 Å². The zero-order chi connectivity index (χ0) is 14.2. The van der Waals surface area contributed by atoms with Gasteiger partial charge < -0.3 is 17.3 Å². The molecule has 7 heteroatoms. The third-order valence-corrected chi connectivity index (χ3v) is 3.67. The van der Waals surface area contributed by atoms with Gasteiger partial charge in [0.15, 0.2) is 0 Å². The predicted molar refractivity (Wildman–Crippen MR) is 62.9 cm³/mol. The first-order valence-electron chi connectivity index (χ1n) is 5.39. The Morgan fingerprint density at radius 2 is 1.29 bits per heavy atom. The summed E-state index contributed by atoms with van der Waals surface area (Å²) in [6, 6.07) is 0. The highest BCUT2D eigenvalue weighted by atomic mass is 19.5. The van der Waals surface area contributed by atoms with Crippen molar-refractivity contribution in [1.82, 2.24) is 4.90 Å². The molecule has 1 heterocycles. The van der Waals surface area contributed by atoms with Gasteiger partial charge in [-0.2, -0.15) is 0 Å². The van der Waals surface area contributed by atoms with E-state index in [4.69, 9.17) is 0 Å². The standard InChI is InChI=1S/C10H21N2.BF4/c1-9(2)8(11(5)6)12(7)10(9,3)4;2-1(3,4)5/h1-7H3;/q+1;-1. The molecule has 1 fully saturated rings. The summed E-state index contributed by atoms with van der Waals surface area (Å²) < 4.78 is 41.2. The second-order valence-electron chi connectivity index (χ2n) is 5.46. The molecule has 17 heavy (non-hydrogen) atoms. The zero-order valence-corrected chi connectivity index (χ0v) is 11.5. The SMILES string of the molecule is CN1C(=[N+](C)C)C(C)(C)C1(C)C.F[B-](F)(F)F. The highest BCUT2D eigenvalue weighted by Gasteiger charge is 2.63. The molecule has 0 spiro atoms. The summed E-state index contributed by atoms with van der Waals surface area (Å²) in [4.78, 5) is 2.35. The number of hydrogen-bond acceptors (Lipinski definition) is 0. The molecular formula is C10H21BF4N2. The molecule has 102 valence electrons. The predicted octanol–water partition coefficient (Wildman–Crippen LogP) is 2.71. The third kappa shape index (κ3) is 3.36. The molecule has 1 saturated heterocycles. The molecular weight excluding hydrogens is 235 g/mol. The second kappa shape index (κ2) is 4.50. The molecule has 0 aromatic heterocycles. The third-order valence-electron chi connectivity index (χ3n) is 3.67. The lowest BCUT2D eigenvalue weighted by molar-refractivity contribution is -0.482. The highest BCUT2D eigenvalue weighted by molar-refractivity contribution is 6.50. The normalized spacial score (nSPS) is 21.4. The second-order valence-corrected chi connectivity index (χ2v) is 5.46. The van der Waals surface area contributed by atoms with Crippen LogP contribution in [0, 0.1) is 5.41 Å². The minimum Gasteiger partial charge on any atom is -0.418 e. The van der Waals surface area contributed by atoms with Crippen LogP contribution in [-0.4, -0.2) is 49.2 Å². The minimum atomic E-state index is -6.00. The van der Waals surface area contributed by atoms with Gasteiger partial charge in [0, 0.05) is 0 Å². The van der Waals surface area contributed by atoms with Crippen LogP contribution in [0.5, 0.6) is 0 Å². The monoisotopic (exact) mass is 256 g/mol. The van der Waals surface area contributed by atoms with Crippen molar-refractivity contribution in [2.45, 2.75) is 33.2 Å². The molecule has 0 aromatic rings. The van der Waals surface area contributed by atoms with E-state index >= 15 is 0 Å². The van der Waals surface area contributed by atoms with Gasteiger partial charge in [0.05, 0.1) is 21.1 Å². The van der Waals surface area contributed by atoms with Crippen molar-refractivity contribution >= 4 is 13.1 Å². The summed E-state index contributed by atoms with van der Waals surface area (Å²) >= 11 is 0. The van der Waals surface area contributed by atoms with E-state index in [0.29, 0.717) is 5.41 Å². The van der Waals surface area contributed by atoms with Gasteiger partial charge in [0.2, 0.25) is 0 Å². The molecule has 0 aromatic carbocycles. The number of halogens is 4. The molecule has 1 aliphatic rings. The Balaban J connectivity index is 0.000000437. The van der Waals surface area contributed by atoms with E-state index in [9.17, 15) is 17.3 Å². The fourth-order valence-corrected chi connectivity index (χ4v) is 2.18. The molecule has 1 rings (SSSR count). The van der Waals surface area contributed by atoms with E-state index in [0.717, 1.165) is 0 Å². The van der Waals surface area contributed by atoms with Crippen molar-refractivity contribution in [3.05, 3.63) is 0 Å². The highest BCUT2D eigenvalue weighted by Crippen LogP contribution is 2.46. The van der Waals surface area contributed by atoms with Crippen LogP contribution < -0.4 is 0 Å². The average molecular weight is 256 g/mol. The average Bonchev–Trinajstić information content (AvgIpc) is 1.98. The van der Waals surface area contributed by atoms with Gasteiger partial charge in [0.1, 0.15) is 11.0 Å². The summed E-state index contributed by atoms with van der Waals surface area (Å²) in [5.41, 5.74) is 0.581. The van der Waals surface area contributed by atoms with Crippen molar-refractivity contribution in [3.63, 3.8) is 0 Å². The quantitative estimate of drug-likeness (QED) is 0.367. The van der Waals surface area contributed by atoms with Crippen LogP contribution in [0.15, 0.2) is 0 Å². The van der Waals surface area contributed by atoms with Crippen molar-refractivity contribution in [3.8, 4) is 0 Å². The van der Waals surface area contributed by atoms with Gasteiger partial charge in [-0.05, 0) is 27.7 Å². The topological polar surface area (TPSA) is 6.25 Å². The zero-order valence-electron chi connectivity index (χ0n) is 11.5. The Kier molecular flexibility index (Phi) is 4.30. The number of rotatable bonds is 0. The maximum absolute atomic E-state index is 9.75. The lowest BCUT2D eigenvalue weighted by atomic mass is 9.64. The number of amidine groups is 1. The molecule has 0 saturated carbocycles. The van der Waals surface area contributed by atoms with Crippen LogP contribution in [0.25, 0.3) is 0 Å². The summed E-state index contributed by atoms with van der Waals surface area (Å²) in [5.74, 6) is 1.42. The van der Waals surface area contributed by atoms with Crippen molar-refractivity contribution < 1.29 is 21.8 Å². The van der Waals surface area contributed by atoms with E-state index in [2.05, 4.69) is 58.3 Å². The largest absolute Gasteiger partial charge is 0.673 e. The minimum absolute atomic E-state index is 0.284. The molecule has 0 aliphatic carbocycles. The number of hydrogen-bond donors (Lipinski definition) is 0. The summed E-state index contributed by atoms with van der Waals surface area (Å²) in [5, 5.41) is 0. The van der Waals surface area contributed by atoms with Crippen LogP contribution in [0.2, 0.25) is 0 Å². The van der Waals surface area contributed by atoms with Crippen LogP contribution in [0.1, 0.15) is 27.7 Å². The summed E-state index contributed by atoms with van der Waals surface area (Å²) in [7, 11) is 0.395. The molecule has 0 bridgehead atoms. The van der Waals surface area contributed by atoms with Gasteiger partial charge in [0.25, 0.3) is 5.84 Å². The summed E-state index contributed by atoms with van der Waals surface area (Å²) in [6.07, 6.45) is 0. The molecule has 0 N–H and O–H groups in total. The van der Waals surface area contributed by atoms with Gasteiger partial charge >= 0.3 is 7.25 Å². The van der Waals surface area contributed by atoms with E-state index < -0.39 is 7.25 Å². The molecule has 2 nitrogen and oxygen atoms in total. The Hall–Kier alpha value is -0.745. The first kappa shape index (κ1) is 16.3. The van der Waals surface area contributed by atoms with Crippen LogP contribution in [-0.2, 0) is 0 Å². The van der Waals surface area contributed by atoms with Crippen molar-refractivity contribution in [1.29, 1.82) is 0 Å². The molecule has 0 amide bonds. The van der Waals surface area contributed by atoms with E-state index in [1.54, 1.807) is 0 Å². The van der Waals surface area contributed by atoms with Crippen LogP contribution >= 0.6 is 0 Å². The molecule has 0 radical (unpaired) electrons. The Morgan fingerprint density at radius 3 is 1.41 bits per heavy atom. The van der Waals surface area contributed by atoms with Crippen LogP contribution in [0.4, 0.5) is 17.3 Å². The first-order valence-corrected chi connectivity index (χ1v) is 5.39. The van der Waals surface area contributed by atoms with E-state index in [1.807, 2.05) is 0 Å². The molecule has 0 unspecified atom stereocenters. The van der Waals surface area contributed by atoms with Gasteiger partial charge in [-0.15, -0.1) is 0 Å². The van der Waals surface area contributed by atoms with Crippen LogP contribution in [0.3, 0.4) is 0 Å². The lowest BCUT2D eigenvalue weighted by Gasteiger charge is -2.54. The fourth-order valence-electron chi connectivity index (χ4n) is 2.18. The summed E-state index contributed by atoms with van der Waals surface area (Å²) in [6.45, 7) is 9.20. The Labute approximate surface area is 100 Å². The fraction of sp³-hybridized carbons (Fsp3) is 0.900. The molecule has 0 atom stereocenters. The smallest absolute Gasteiger partial charge is 0.418 e. The maximum atomic E-state index is 9.75.